The normalized spacial score (nSPS) is 14.6. The van der Waals surface area contributed by atoms with Crippen molar-refractivity contribution in [2.24, 2.45) is 0 Å². The van der Waals surface area contributed by atoms with E-state index in [1.165, 1.54) is 12.8 Å². The van der Waals surface area contributed by atoms with E-state index in [9.17, 15) is 0 Å². The van der Waals surface area contributed by atoms with Crippen LogP contribution in [0.15, 0.2) is 10.6 Å². The molecule has 2 aromatic heterocycles. The van der Waals surface area contributed by atoms with E-state index >= 15 is 0 Å². The summed E-state index contributed by atoms with van der Waals surface area (Å²) in [5.74, 6) is 4.25. The third kappa shape index (κ3) is 3.43. The smallest absolute Gasteiger partial charge is 0.229 e. The fraction of sp³-hybridized carbons (Fsp3) is 0.625. The molecule has 3 rings (SSSR count). The number of hydrogen-bond donors (Lipinski definition) is 0. The number of aromatic nitrogens is 4. The SMILES string of the molecule is Cc1nc(C(C)C)cc(N(C)CCc2noc(C3CC3)n2)n1. The van der Waals surface area contributed by atoms with Gasteiger partial charge >= 0.3 is 0 Å². The van der Waals surface area contributed by atoms with E-state index < -0.39 is 0 Å². The number of aryl methyl sites for hydroxylation is 1. The highest BCUT2D eigenvalue weighted by Gasteiger charge is 2.29. The Balaban J connectivity index is 1.64. The highest BCUT2D eigenvalue weighted by molar-refractivity contribution is 5.39. The molecular formula is C16H23N5O. The first-order valence-electron chi connectivity index (χ1n) is 7.92. The quantitative estimate of drug-likeness (QED) is 0.817. The fourth-order valence-electron chi connectivity index (χ4n) is 2.31. The Labute approximate surface area is 131 Å². The molecule has 1 saturated carbocycles. The Morgan fingerprint density at radius 1 is 1.27 bits per heavy atom. The van der Waals surface area contributed by atoms with Crippen LogP contribution < -0.4 is 4.90 Å². The van der Waals surface area contributed by atoms with Crippen LogP contribution in [0.3, 0.4) is 0 Å². The van der Waals surface area contributed by atoms with E-state index in [-0.39, 0.29) is 0 Å². The average Bonchev–Trinajstić information content (AvgIpc) is 3.23. The summed E-state index contributed by atoms with van der Waals surface area (Å²) in [7, 11) is 2.04. The van der Waals surface area contributed by atoms with E-state index in [0.717, 1.165) is 42.0 Å². The molecule has 0 saturated heterocycles. The summed E-state index contributed by atoms with van der Waals surface area (Å²) in [5.41, 5.74) is 1.07. The molecule has 118 valence electrons. The Bertz CT molecular complexity index is 648. The number of likely N-dealkylation sites (N-methyl/N-ethyl adjacent to an activating group) is 1. The second-order valence-corrected chi connectivity index (χ2v) is 6.35. The lowest BCUT2D eigenvalue weighted by Gasteiger charge is -2.19. The van der Waals surface area contributed by atoms with Crippen molar-refractivity contribution in [3.8, 4) is 0 Å². The first kappa shape index (κ1) is 14.9. The molecule has 0 unspecified atom stereocenters. The maximum absolute atomic E-state index is 5.29. The molecule has 0 radical (unpaired) electrons. The van der Waals surface area contributed by atoms with Gasteiger partial charge in [-0.3, -0.25) is 0 Å². The topological polar surface area (TPSA) is 67.9 Å². The van der Waals surface area contributed by atoms with Gasteiger partial charge in [0.15, 0.2) is 5.82 Å². The molecule has 0 spiro atoms. The summed E-state index contributed by atoms with van der Waals surface area (Å²) < 4.78 is 5.29. The zero-order valence-electron chi connectivity index (χ0n) is 13.7. The van der Waals surface area contributed by atoms with E-state index in [2.05, 4.69) is 44.9 Å². The van der Waals surface area contributed by atoms with Crippen LogP contribution >= 0.6 is 0 Å². The van der Waals surface area contributed by atoms with Gasteiger partial charge in [-0.05, 0) is 25.7 Å². The molecule has 1 aliphatic rings. The van der Waals surface area contributed by atoms with Crippen LogP contribution in [0.5, 0.6) is 0 Å². The van der Waals surface area contributed by atoms with Crippen molar-refractivity contribution in [3.05, 3.63) is 29.3 Å². The molecule has 0 amide bonds. The van der Waals surface area contributed by atoms with Crippen LogP contribution in [0.4, 0.5) is 5.82 Å². The average molecular weight is 301 g/mol. The molecule has 6 nitrogen and oxygen atoms in total. The predicted octanol–water partition coefficient (Wildman–Crippen LogP) is 2.85. The number of nitrogens with zero attached hydrogens (tertiary/aromatic N) is 5. The van der Waals surface area contributed by atoms with Gasteiger partial charge in [0.25, 0.3) is 0 Å². The Morgan fingerprint density at radius 3 is 2.73 bits per heavy atom. The summed E-state index contributed by atoms with van der Waals surface area (Å²) in [6, 6.07) is 2.06. The van der Waals surface area contributed by atoms with E-state index in [1.54, 1.807) is 0 Å². The number of hydrogen-bond acceptors (Lipinski definition) is 6. The maximum atomic E-state index is 5.29. The fourth-order valence-corrected chi connectivity index (χ4v) is 2.31. The number of anilines is 1. The van der Waals surface area contributed by atoms with Crippen molar-refractivity contribution in [2.45, 2.75) is 51.9 Å². The molecule has 0 aliphatic heterocycles. The lowest BCUT2D eigenvalue weighted by Crippen LogP contribution is -2.22. The van der Waals surface area contributed by atoms with E-state index in [0.29, 0.717) is 11.8 Å². The van der Waals surface area contributed by atoms with Gasteiger partial charge in [-0.2, -0.15) is 4.98 Å². The summed E-state index contributed by atoms with van der Waals surface area (Å²) in [5, 5.41) is 4.06. The summed E-state index contributed by atoms with van der Waals surface area (Å²) in [4.78, 5) is 15.6. The molecule has 6 heteroatoms. The summed E-state index contributed by atoms with van der Waals surface area (Å²) in [6.45, 7) is 7.02. The number of rotatable bonds is 6. The molecule has 0 atom stereocenters. The molecule has 0 N–H and O–H groups in total. The second-order valence-electron chi connectivity index (χ2n) is 6.35. The first-order chi connectivity index (χ1) is 10.5. The van der Waals surface area contributed by atoms with Gasteiger partial charge in [-0.25, -0.2) is 9.97 Å². The summed E-state index contributed by atoms with van der Waals surface area (Å²) in [6.07, 6.45) is 3.12. The van der Waals surface area contributed by atoms with Gasteiger partial charge in [-0.1, -0.05) is 19.0 Å². The van der Waals surface area contributed by atoms with Gasteiger partial charge < -0.3 is 9.42 Å². The van der Waals surface area contributed by atoms with E-state index in [4.69, 9.17) is 4.52 Å². The molecule has 1 fully saturated rings. The van der Waals surface area contributed by atoms with Crippen molar-refractivity contribution < 1.29 is 4.52 Å². The van der Waals surface area contributed by atoms with Crippen molar-refractivity contribution in [1.82, 2.24) is 20.1 Å². The Morgan fingerprint density at radius 2 is 2.05 bits per heavy atom. The molecule has 0 bridgehead atoms. The monoisotopic (exact) mass is 301 g/mol. The minimum absolute atomic E-state index is 0.396. The summed E-state index contributed by atoms with van der Waals surface area (Å²) >= 11 is 0. The third-order valence-electron chi connectivity index (χ3n) is 3.91. The molecule has 1 aliphatic carbocycles. The zero-order valence-corrected chi connectivity index (χ0v) is 13.7. The Hall–Kier alpha value is -1.98. The van der Waals surface area contributed by atoms with E-state index in [1.807, 2.05) is 14.0 Å². The molecule has 2 aromatic rings. The molecule has 2 heterocycles. The first-order valence-corrected chi connectivity index (χ1v) is 7.92. The van der Waals surface area contributed by atoms with Gasteiger partial charge in [0.1, 0.15) is 11.6 Å². The van der Waals surface area contributed by atoms with Crippen LogP contribution in [0.1, 0.15) is 61.8 Å². The minimum Gasteiger partial charge on any atom is -0.359 e. The molecule has 22 heavy (non-hydrogen) atoms. The molecule has 0 aromatic carbocycles. The Kier molecular flexibility index (Phi) is 4.09. The third-order valence-corrected chi connectivity index (χ3v) is 3.91. The van der Waals surface area contributed by atoms with Gasteiger partial charge in [0.05, 0.1) is 0 Å². The van der Waals surface area contributed by atoms with Crippen molar-refractivity contribution >= 4 is 5.82 Å². The highest BCUT2D eigenvalue weighted by atomic mass is 16.5. The highest BCUT2D eigenvalue weighted by Crippen LogP contribution is 2.38. The van der Waals surface area contributed by atoms with Crippen LogP contribution in [0, 0.1) is 6.92 Å². The van der Waals surface area contributed by atoms with Crippen molar-refractivity contribution in [3.63, 3.8) is 0 Å². The largest absolute Gasteiger partial charge is 0.359 e. The van der Waals surface area contributed by atoms with Crippen molar-refractivity contribution in [2.75, 3.05) is 18.5 Å². The van der Waals surface area contributed by atoms with Crippen molar-refractivity contribution in [1.29, 1.82) is 0 Å². The van der Waals surface area contributed by atoms with Crippen LogP contribution in [0.2, 0.25) is 0 Å². The van der Waals surface area contributed by atoms with Crippen LogP contribution in [0.25, 0.3) is 0 Å². The zero-order chi connectivity index (χ0) is 15.7. The molecular weight excluding hydrogens is 278 g/mol. The maximum Gasteiger partial charge on any atom is 0.229 e. The second kappa shape index (κ2) is 6.02. The minimum atomic E-state index is 0.396. The lowest BCUT2D eigenvalue weighted by atomic mass is 10.1. The van der Waals surface area contributed by atoms with Gasteiger partial charge in [0.2, 0.25) is 5.89 Å². The predicted molar refractivity (Wildman–Crippen MR) is 84.1 cm³/mol. The van der Waals surface area contributed by atoms with Gasteiger partial charge in [0, 0.05) is 37.7 Å². The van der Waals surface area contributed by atoms with Crippen LogP contribution in [-0.2, 0) is 6.42 Å². The lowest BCUT2D eigenvalue weighted by molar-refractivity contribution is 0.374. The van der Waals surface area contributed by atoms with Crippen LogP contribution in [-0.4, -0.2) is 33.7 Å². The van der Waals surface area contributed by atoms with Gasteiger partial charge in [-0.15, -0.1) is 0 Å². The standard InChI is InChI=1S/C16H23N5O/c1-10(2)13-9-15(18-11(3)17-13)21(4)8-7-14-19-16(22-20-14)12-5-6-12/h9-10,12H,5-8H2,1-4H3.